The number of aromatic nitrogens is 2. The standard InChI is InChI=1S/C17H22N4O/c1-17(2,3)20-16(22)13-8-6-12(7-9-13)14-10-18-11-15(19-14)21(4)5/h6-11H,1-5H3,(H,20,22). The number of benzene rings is 1. The predicted octanol–water partition coefficient (Wildman–Crippen LogP) is 2.74. The van der Waals surface area contributed by atoms with Crippen molar-refractivity contribution in [2.24, 2.45) is 0 Å². The van der Waals surface area contributed by atoms with Crippen LogP contribution in [0.15, 0.2) is 36.7 Å². The molecule has 1 N–H and O–H groups in total. The third-order valence-corrected chi connectivity index (χ3v) is 3.01. The van der Waals surface area contributed by atoms with Gasteiger partial charge in [-0.1, -0.05) is 12.1 Å². The van der Waals surface area contributed by atoms with Crippen molar-refractivity contribution in [1.82, 2.24) is 15.3 Å². The van der Waals surface area contributed by atoms with E-state index >= 15 is 0 Å². The van der Waals surface area contributed by atoms with E-state index in [9.17, 15) is 4.79 Å². The number of amides is 1. The van der Waals surface area contributed by atoms with E-state index in [0.717, 1.165) is 17.1 Å². The van der Waals surface area contributed by atoms with Crippen LogP contribution in [0.1, 0.15) is 31.1 Å². The van der Waals surface area contributed by atoms with Crippen LogP contribution in [0.4, 0.5) is 5.82 Å². The van der Waals surface area contributed by atoms with E-state index in [4.69, 9.17) is 0 Å². The number of carbonyl (C=O) groups excluding carboxylic acids is 1. The van der Waals surface area contributed by atoms with Crippen LogP contribution in [0, 0.1) is 0 Å². The highest BCUT2D eigenvalue weighted by Gasteiger charge is 2.15. The third-order valence-electron chi connectivity index (χ3n) is 3.01. The van der Waals surface area contributed by atoms with Crippen molar-refractivity contribution in [3.8, 4) is 11.3 Å². The number of hydrogen-bond donors (Lipinski definition) is 1. The molecule has 2 aromatic rings. The lowest BCUT2D eigenvalue weighted by Crippen LogP contribution is -2.40. The number of carbonyl (C=O) groups is 1. The summed E-state index contributed by atoms with van der Waals surface area (Å²) in [6.07, 6.45) is 3.44. The van der Waals surface area contributed by atoms with E-state index in [1.165, 1.54) is 0 Å². The first-order valence-electron chi connectivity index (χ1n) is 7.18. The van der Waals surface area contributed by atoms with E-state index in [1.54, 1.807) is 24.5 Å². The van der Waals surface area contributed by atoms with Crippen LogP contribution >= 0.6 is 0 Å². The number of rotatable bonds is 3. The Morgan fingerprint density at radius 3 is 2.27 bits per heavy atom. The summed E-state index contributed by atoms with van der Waals surface area (Å²) < 4.78 is 0. The summed E-state index contributed by atoms with van der Waals surface area (Å²) in [7, 11) is 3.85. The number of nitrogens with zero attached hydrogens (tertiary/aromatic N) is 3. The Hall–Kier alpha value is -2.43. The molecule has 0 bridgehead atoms. The lowest BCUT2D eigenvalue weighted by molar-refractivity contribution is 0.0919. The van der Waals surface area contributed by atoms with Gasteiger partial charge in [-0.3, -0.25) is 9.78 Å². The highest BCUT2D eigenvalue weighted by molar-refractivity contribution is 5.95. The second-order valence-electron chi connectivity index (χ2n) is 6.44. The number of hydrogen-bond acceptors (Lipinski definition) is 4. The molecule has 1 amide bonds. The quantitative estimate of drug-likeness (QED) is 0.946. The smallest absolute Gasteiger partial charge is 0.251 e. The fraction of sp³-hybridized carbons (Fsp3) is 0.353. The molecule has 0 aliphatic heterocycles. The highest BCUT2D eigenvalue weighted by Crippen LogP contribution is 2.19. The second-order valence-corrected chi connectivity index (χ2v) is 6.44. The van der Waals surface area contributed by atoms with Crippen LogP contribution in [0.2, 0.25) is 0 Å². The summed E-state index contributed by atoms with van der Waals surface area (Å²) in [6, 6.07) is 7.39. The molecule has 2 rings (SSSR count). The molecule has 1 heterocycles. The van der Waals surface area contributed by atoms with E-state index in [2.05, 4.69) is 15.3 Å². The van der Waals surface area contributed by atoms with Gasteiger partial charge in [-0.25, -0.2) is 4.98 Å². The largest absolute Gasteiger partial charge is 0.361 e. The highest BCUT2D eigenvalue weighted by atomic mass is 16.1. The monoisotopic (exact) mass is 298 g/mol. The minimum Gasteiger partial charge on any atom is -0.361 e. The Balaban J connectivity index is 2.22. The molecule has 5 nitrogen and oxygen atoms in total. The molecule has 0 fully saturated rings. The van der Waals surface area contributed by atoms with E-state index in [-0.39, 0.29) is 11.4 Å². The predicted molar refractivity (Wildman–Crippen MR) is 89.0 cm³/mol. The Morgan fingerprint density at radius 2 is 1.73 bits per heavy atom. The second kappa shape index (κ2) is 6.13. The van der Waals surface area contributed by atoms with Gasteiger partial charge in [0.2, 0.25) is 0 Å². The van der Waals surface area contributed by atoms with Gasteiger partial charge in [0.05, 0.1) is 18.1 Å². The van der Waals surface area contributed by atoms with Crippen molar-refractivity contribution in [3.05, 3.63) is 42.2 Å². The van der Waals surface area contributed by atoms with Crippen molar-refractivity contribution in [3.63, 3.8) is 0 Å². The number of anilines is 1. The van der Waals surface area contributed by atoms with E-state index < -0.39 is 0 Å². The minimum atomic E-state index is -0.249. The van der Waals surface area contributed by atoms with Crippen LogP contribution in [-0.4, -0.2) is 35.5 Å². The molecule has 0 atom stereocenters. The van der Waals surface area contributed by atoms with Crippen molar-refractivity contribution in [1.29, 1.82) is 0 Å². The fourth-order valence-electron chi connectivity index (χ4n) is 1.92. The van der Waals surface area contributed by atoms with Crippen LogP contribution in [0.5, 0.6) is 0 Å². The molecular weight excluding hydrogens is 276 g/mol. The topological polar surface area (TPSA) is 58.1 Å². The third kappa shape index (κ3) is 4.04. The molecular formula is C17H22N4O. The van der Waals surface area contributed by atoms with Gasteiger partial charge in [-0.2, -0.15) is 0 Å². The first kappa shape index (κ1) is 15.9. The zero-order chi connectivity index (χ0) is 16.3. The molecule has 0 aliphatic rings. The maximum Gasteiger partial charge on any atom is 0.251 e. The minimum absolute atomic E-state index is 0.0767. The van der Waals surface area contributed by atoms with Crippen molar-refractivity contribution < 1.29 is 4.79 Å². The molecule has 0 radical (unpaired) electrons. The Bertz CT molecular complexity index is 657. The first-order valence-corrected chi connectivity index (χ1v) is 7.18. The summed E-state index contributed by atoms with van der Waals surface area (Å²) >= 11 is 0. The molecule has 116 valence electrons. The van der Waals surface area contributed by atoms with E-state index in [0.29, 0.717) is 5.56 Å². The molecule has 22 heavy (non-hydrogen) atoms. The Morgan fingerprint density at radius 1 is 1.09 bits per heavy atom. The van der Waals surface area contributed by atoms with Gasteiger partial charge in [-0.05, 0) is 32.9 Å². The van der Waals surface area contributed by atoms with Gasteiger partial charge < -0.3 is 10.2 Å². The molecule has 0 spiro atoms. The van der Waals surface area contributed by atoms with Gasteiger partial charge >= 0.3 is 0 Å². The lowest BCUT2D eigenvalue weighted by atomic mass is 10.1. The van der Waals surface area contributed by atoms with Gasteiger partial charge in [0.25, 0.3) is 5.91 Å². The summed E-state index contributed by atoms with van der Waals surface area (Å²) in [6.45, 7) is 5.88. The lowest BCUT2D eigenvalue weighted by Gasteiger charge is -2.20. The van der Waals surface area contributed by atoms with Crippen LogP contribution in [0.25, 0.3) is 11.3 Å². The summed E-state index contributed by atoms with van der Waals surface area (Å²) in [5, 5.41) is 2.95. The van der Waals surface area contributed by atoms with Crippen LogP contribution in [-0.2, 0) is 0 Å². The maximum absolute atomic E-state index is 12.1. The van der Waals surface area contributed by atoms with Crippen molar-refractivity contribution >= 4 is 11.7 Å². The SMILES string of the molecule is CN(C)c1cncc(-c2ccc(C(=O)NC(C)(C)C)cc2)n1. The van der Waals surface area contributed by atoms with E-state index in [1.807, 2.05) is 51.9 Å². The van der Waals surface area contributed by atoms with Crippen LogP contribution < -0.4 is 10.2 Å². The molecule has 5 heteroatoms. The molecule has 0 saturated heterocycles. The first-order chi connectivity index (χ1) is 10.3. The average Bonchev–Trinajstić information content (AvgIpc) is 2.46. The molecule has 0 aliphatic carbocycles. The fourth-order valence-corrected chi connectivity index (χ4v) is 1.92. The van der Waals surface area contributed by atoms with Crippen molar-refractivity contribution in [2.45, 2.75) is 26.3 Å². The normalized spacial score (nSPS) is 11.1. The van der Waals surface area contributed by atoms with Gasteiger partial charge in [0.15, 0.2) is 0 Å². The van der Waals surface area contributed by atoms with Gasteiger partial charge in [-0.15, -0.1) is 0 Å². The maximum atomic E-state index is 12.1. The molecule has 0 saturated carbocycles. The summed E-state index contributed by atoms with van der Waals surface area (Å²) in [5.74, 6) is 0.722. The molecule has 1 aromatic heterocycles. The van der Waals surface area contributed by atoms with Gasteiger partial charge in [0, 0.05) is 30.8 Å². The molecule has 0 unspecified atom stereocenters. The van der Waals surface area contributed by atoms with Gasteiger partial charge in [0.1, 0.15) is 5.82 Å². The average molecular weight is 298 g/mol. The summed E-state index contributed by atoms with van der Waals surface area (Å²) in [5.41, 5.74) is 2.11. The number of nitrogens with one attached hydrogen (secondary N) is 1. The van der Waals surface area contributed by atoms with Crippen LogP contribution in [0.3, 0.4) is 0 Å². The van der Waals surface area contributed by atoms with Crippen molar-refractivity contribution in [2.75, 3.05) is 19.0 Å². The Labute approximate surface area is 131 Å². The Kier molecular flexibility index (Phi) is 4.45. The summed E-state index contributed by atoms with van der Waals surface area (Å²) in [4.78, 5) is 22.8. The zero-order valence-electron chi connectivity index (χ0n) is 13.7. The zero-order valence-corrected chi connectivity index (χ0v) is 13.7. The molecule has 1 aromatic carbocycles.